The summed E-state index contributed by atoms with van der Waals surface area (Å²) in [4.78, 5) is 12.0. The van der Waals surface area contributed by atoms with Crippen LogP contribution in [0.1, 0.15) is 42.1 Å². The molecule has 3 rings (SSSR count). The Bertz CT molecular complexity index is 584. The molecule has 0 radical (unpaired) electrons. The number of aliphatic hydroxyl groups excluding tert-OH is 1. The molecule has 0 spiro atoms. The SMILES string of the molecule is C[C@@H]1O[C@@H](C[C@H]2Cc3cc(O)cc(O)c3C(=O)O2)CC[C@H]1O. The third kappa shape index (κ3) is 2.89. The van der Waals surface area contributed by atoms with Gasteiger partial charge >= 0.3 is 5.97 Å². The van der Waals surface area contributed by atoms with E-state index >= 15 is 0 Å². The van der Waals surface area contributed by atoms with Gasteiger partial charge in [-0.1, -0.05) is 0 Å². The van der Waals surface area contributed by atoms with E-state index in [1.165, 1.54) is 6.07 Å². The van der Waals surface area contributed by atoms with Crippen molar-refractivity contribution in [3.8, 4) is 11.5 Å². The lowest BCUT2D eigenvalue weighted by Crippen LogP contribution is -2.40. The first-order valence-electron chi connectivity index (χ1n) is 7.53. The summed E-state index contributed by atoms with van der Waals surface area (Å²) >= 11 is 0. The molecule has 2 aliphatic rings. The van der Waals surface area contributed by atoms with Gasteiger partial charge in [0.15, 0.2) is 0 Å². The summed E-state index contributed by atoms with van der Waals surface area (Å²) < 4.78 is 11.1. The van der Waals surface area contributed by atoms with Crippen LogP contribution in [0.25, 0.3) is 0 Å². The maximum absolute atomic E-state index is 12.0. The van der Waals surface area contributed by atoms with Gasteiger partial charge in [-0.25, -0.2) is 4.79 Å². The van der Waals surface area contributed by atoms with Crippen molar-refractivity contribution in [2.45, 2.75) is 57.0 Å². The number of fused-ring (bicyclic) bond motifs is 1. The number of rotatable bonds is 2. The number of carbonyl (C=O) groups excluding carboxylic acids is 1. The number of aliphatic hydroxyl groups is 1. The van der Waals surface area contributed by atoms with E-state index in [-0.39, 0.29) is 35.4 Å². The molecular weight excluding hydrogens is 288 g/mol. The van der Waals surface area contributed by atoms with Gasteiger partial charge in [0.05, 0.1) is 18.3 Å². The van der Waals surface area contributed by atoms with Crippen LogP contribution >= 0.6 is 0 Å². The Morgan fingerprint density at radius 2 is 2.00 bits per heavy atom. The number of carbonyl (C=O) groups is 1. The predicted octanol–water partition coefficient (Wildman–Crippen LogP) is 1.50. The summed E-state index contributed by atoms with van der Waals surface area (Å²) in [5.41, 5.74) is 0.713. The van der Waals surface area contributed by atoms with E-state index in [2.05, 4.69) is 0 Å². The molecule has 0 saturated carbocycles. The highest BCUT2D eigenvalue weighted by Gasteiger charge is 2.34. The van der Waals surface area contributed by atoms with Crippen molar-refractivity contribution in [2.75, 3.05) is 0 Å². The number of benzene rings is 1. The highest BCUT2D eigenvalue weighted by Crippen LogP contribution is 2.34. The molecule has 6 heteroatoms. The molecule has 6 nitrogen and oxygen atoms in total. The van der Waals surface area contributed by atoms with Crippen molar-refractivity contribution in [2.24, 2.45) is 0 Å². The number of hydrogen-bond donors (Lipinski definition) is 3. The van der Waals surface area contributed by atoms with Crippen LogP contribution in [0.2, 0.25) is 0 Å². The first-order valence-corrected chi connectivity index (χ1v) is 7.53. The van der Waals surface area contributed by atoms with Crippen LogP contribution in [0.4, 0.5) is 0 Å². The van der Waals surface area contributed by atoms with Gasteiger partial charge in [-0.15, -0.1) is 0 Å². The van der Waals surface area contributed by atoms with E-state index in [0.29, 0.717) is 24.8 Å². The molecule has 0 unspecified atom stereocenters. The highest BCUT2D eigenvalue weighted by atomic mass is 16.6. The van der Waals surface area contributed by atoms with Crippen LogP contribution in [0.5, 0.6) is 11.5 Å². The summed E-state index contributed by atoms with van der Waals surface area (Å²) in [6.07, 6.45) is 1.27. The Labute approximate surface area is 128 Å². The largest absolute Gasteiger partial charge is 0.508 e. The highest BCUT2D eigenvalue weighted by molar-refractivity contribution is 5.95. The zero-order valence-electron chi connectivity index (χ0n) is 12.4. The molecular formula is C16H20O6. The Kier molecular flexibility index (Phi) is 3.97. The second kappa shape index (κ2) is 5.78. The summed E-state index contributed by atoms with van der Waals surface area (Å²) in [5, 5.41) is 29.0. The number of phenols is 2. The molecule has 1 fully saturated rings. The maximum atomic E-state index is 12.0. The lowest BCUT2D eigenvalue weighted by Gasteiger charge is -2.34. The van der Waals surface area contributed by atoms with Gasteiger partial charge < -0.3 is 24.8 Å². The summed E-state index contributed by atoms with van der Waals surface area (Å²) in [6, 6.07) is 2.62. The van der Waals surface area contributed by atoms with Gasteiger partial charge in [-0.2, -0.15) is 0 Å². The van der Waals surface area contributed by atoms with E-state index in [0.717, 1.165) is 12.5 Å². The van der Waals surface area contributed by atoms with Gasteiger partial charge in [-0.3, -0.25) is 0 Å². The van der Waals surface area contributed by atoms with Crippen LogP contribution in [0.15, 0.2) is 12.1 Å². The van der Waals surface area contributed by atoms with Crippen molar-refractivity contribution >= 4 is 5.97 Å². The molecule has 0 bridgehead atoms. The fraction of sp³-hybridized carbons (Fsp3) is 0.562. The van der Waals surface area contributed by atoms with Crippen molar-refractivity contribution in [3.05, 3.63) is 23.3 Å². The van der Waals surface area contributed by atoms with Crippen molar-refractivity contribution in [3.63, 3.8) is 0 Å². The normalized spacial score (nSPS) is 31.5. The molecule has 2 heterocycles. The average Bonchev–Trinajstić information content (AvgIpc) is 2.41. The van der Waals surface area contributed by atoms with E-state index in [1.54, 1.807) is 0 Å². The second-order valence-electron chi connectivity index (χ2n) is 6.07. The molecule has 1 saturated heterocycles. The topological polar surface area (TPSA) is 96.2 Å². The number of esters is 1. The minimum Gasteiger partial charge on any atom is -0.508 e. The molecule has 4 atom stereocenters. The minimum atomic E-state index is -0.576. The molecule has 120 valence electrons. The summed E-state index contributed by atoms with van der Waals surface area (Å²) in [7, 11) is 0. The molecule has 1 aromatic rings. The van der Waals surface area contributed by atoms with Crippen LogP contribution in [0, 0.1) is 0 Å². The number of phenolic OH excluding ortho intramolecular Hbond substituents is 2. The first-order chi connectivity index (χ1) is 10.4. The summed E-state index contributed by atoms with van der Waals surface area (Å²) in [5.74, 6) is -0.910. The first kappa shape index (κ1) is 15.1. The quantitative estimate of drug-likeness (QED) is 0.717. The van der Waals surface area contributed by atoms with Crippen molar-refractivity contribution in [1.29, 1.82) is 0 Å². The van der Waals surface area contributed by atoms with E-state index < -0.39 is 12.1 Å². The average molecular weight is 308 g/mol. The molecule has 0 aliphatic carbocycles. The molecule has 2 aliphatic heterocycles. The number of hydrogen-bond acceptors (Lipinski definition) is 6. The van der Waals surface area contributed by atoms with Gasteiger partial charge in [-0.05, 0) is 31.4 Å². The van der Waals surface area contributed by atoms with Crippen molar-refractivity contribution in [1.82, 2.24) is 0 Å². The molecule has 0 aromatic heterocycles. The van der Waals surface area contributed by atoms with Gasteiger partial charge in [0.1, 0.15) is 23.2 Å². The fourth-order valence-electron chi connectivity index (χ4n) is 3.21. The third-order valence-corrected chi connectivity index (χ3v) is 4.37. The second-order valence-corrected chi connectivity index (χ2v) is 6.07. The summed E-state index contributed by atoms with van der Waals surface area (Å²) in [6.45, 7) is 1.83. The zero-order valence-corrected chi connectivity index (χ0v) is 12.4. The van der Waals surface area contributed by atoms with E-state index in [1.807, 2.05) is 6.92 Å². The minimum absolute atomic E-state index is 0.0661. The fourth-order valence-corrected chi connectivity index (χ4v) is 3.21. The predicted molar refractivity (Wildman–Crippen MR) is 76.9 cm³/mol. The van der Waals surface area contributed by atoms with Gasteiger partial charge in [0.2, 0.25) is 0 Å². The Hall–Kier alpha value is -1.79. The monoisotopic (exact) mass is 308 g/mol. The molecule has 22 heavy (non-hydrogen) atoms. The van der Waals surface area contributed by atoms with Crippen molar-refractivity contribution < 1.29 is 29.6 Å². The van der Waals surface area contributed by atoms with Gasteiger partial charge in [0, 0.05) is 18.9 Å². The van der Waals surface area contributed by atoms with Crippen LogP contribution in [-0.2, 0) is 15.9 Å². The van der Waals surface area contributed by atoms with Gasteiger partial charge in [0.25, 0.3) is 0 Å². The van der Waals surface area contributed by atoms with E-state index in [9.17, 15) is 20.1 Å². The third-order valence-electron chi connectivity index (χ3n) is 4.37. The smallest absolute Gasteiger partial charge is 0.342 e. The zero-order chi connectivity index (χ0) is 15.9. The number of aromatic hydroxyl groups is 2. The Morgan fingerprint density at radius 3 is 2.73 bits per heavy atom. The Balaban J connectivity index is 1.71. The van der Waals surface area contributed by atoms with E-state index in [4.69, 9.17) is 9.47 Å². The standard InChI is InChI=1S/C16H20O6/c1-8-13(18)3-2-11(21-8)7-12-5-9-4-10(17)6-14(19)15(9)16(20)22-12/h4,6,8,11-13,17-19H,2-3,5,7H2,1H3/t8-,11+,12+,13+/m0/s1. The lowest BCUT2D eigenvalue weighted by molar-refractivity contribution is -0.120. The van der Waals surface area contributed by atoms with Crippen LogP contribution in [0.3, 0.4) is 0 Å². The van der Waals surface area contributed by atoms with Crippen LogP contribution in [-0.4, -0.2) is 45.7 Å². The molecule has 0 amide bonds. The molecule has 1 aromatic carbocycles. The number of cyclic esters (lactones) is 1. The Morgan fingerprint density at radius 1 is 1.23 bits per heavy atom. The number of ether oxygens (including phenoxy) is 2. The molecule has 3 N–H and O–H groups in total. The van der Waals surface area contributed by atoms with Crippen LogP contribution < -0.4 is 0 Å². The maximum Gasteiger partial charge on any atom is 0.342 e. The lowest BCUT2D eigenvalue weighted by atomic mass is 9.92.